The molecule has 0 aliphatic carbocycles. The molecule has 0 unspecified atom stereocenters. The zero-order valence-electron chi connectivity index (χ0n) is 10.1. The van der Waals surface area contributed by atoms with Crippen LogP contribution in [0.1, 0.15) is 11.1 Å². The van der Waals surface area contributed by atoms with Gasteiger partial charge < -0.3 is 4.74 Å². The summed E-state index contributed by atoms with van der Waals surface area (Å²) in [5.41, 5.74) is -2.09. The molecule has 0 N–H and O–H groups in total. The molecule has 21 heavy (non-hydrogen) atoms. The molecule has 1 heterocycles. The zero-order chi connectivity index (χ0) is 15.6. The molecule has 1 aromatic carbocycles. The average Bonchev–Trinajstić information content (AvgIpc) is 2.37. The molecule has 0 aliphatic rings. The van der Waals surface area contributed by atoms with E-state index in [0.717, 1.165) is 12.1 Å². The fourth-order valence-electron chi connectivity index (χ4n) is 1.54. The summed E-state index contributed by atoms with van der Waals surface area (Å²) in [6.45, 7) is 0. The first kappa shape index (κ1) is 15.1. The van der Waals surface area contributed by atoms with Gasteiger partial charge in [0.05, 0.1) is 5.56 Å². The van der Waals surface area contributed by atoms with E-state index in [1.54, 1.807) is 0 Å². The number of ether oxygens (including phenoxy) is 1. The average molecular weight is 317 g/mol. The molecule has 2 aromatic rings. The highest BCUT2D eigenvalue weighted by atomic mass is 35.5. The van der Waals surface area contributed by atoms with Crippen LogP contribution in [0.15, 0.2) is 30.3 Å². The molecule has 0 bridgehead atoms. The molecule has 3 nitrogen and oxygen atoms in total. The number of aromatic nitrogens is 1. The first-order valence-electron chi connectivity index (χ1n) is 5.42. The Morgan fingerprint density at radius 3 is 2.52 bits per heavy atom. The van der Waals surface area contributed by atoms with E-state index in [1.807, 2.05) is 0 Å². The summed E-state index contributed by atoms with van der Waals surface area (Å²) in [5, 5.41) is 8.41. The van der Waals surface area contributed by atoms with E-state index in [2.05, 4.69) is 4.98 Å². The van der Waals surface area contributed by atoms with Gasteiger partial charge in [-0.25, -0.2) is 9.37 Å². The number of benzene rings is 1. The van der Waals surface area contributed by atoms with E-state index >= 15 is 0 Å². The Morgan fingerprint density at radius 1 is 1.24 bits per heavy atom. The molecule has 2 rings (SSSR count). The van der Waals surface area contributed by atoms with Gasteiger partial charge in [0, 0.05) is 6.07 Å². The van der Waals surface area contributed by atoms with Gasteiger partial charge in [-0.05, 0) is 18.2 Å². The molecule has 0 saturated carbocycles. The largest absolute Gasteiger partial charge is 0.438 e. The number of alkyl halides is 3. The Balaban J connectivity index is 2.54. The molecule has 108 valence electrons. The van der Waals surface area contributed by atoms with Gasteiger partial charge in [0.1, 0.15) is 28.4 Å². The van der Waals surface area contributed by atoms with Gasteiger partial charge in [0.2, 0.25) is 5.88 Å². The van der Waals surface area contributed by atoms with Crippen LogP contribution in [0.2, 0.25) is 5.15 Å². The van der Waals surface area contributed by atoms with E-state index in [9.17, 15) is 17.6 Å². The molecule has 0 fully saturated rings. The predicted molar refractivity (Wildman–Crippen MR) is 65.4 cm³/mol. The molecule has 0 amide bonds. The number of rotatable bonds is 2. The smallest absolute Gasteiger partial charge is 0.417 e. The molecule has 0 atom stereocenters. The summed E-state index contributed by atoms with van der Waals surface area (Å²) in [6.07, 6.45) is -4.79. The molecule has 1 aromatic heterocycles. The predicted octanol–water partition coefficient (Wildman–Crippen LogP) is 4.56. The number of hydrogen-bond acceptors (Lipinski definition) is 3. The molecule has 8 heteroatoms. The van der Waals surface area contributed by atoms with Crippen LogP contribution < -0.4 is 4.74 Å². The van der Waals surface area contributed by atoms with Gasteiger partial charge in [0.15, 0.2) is 0 Å². The van der Waals surface area contributed by atoms with E-state index in [4.69, 9.17) is 21.6 Å². The van der Waals surface area contributed by atoms with Crippen LogP contribution in [0, 0.1) is 17.1 Å². The molecular weight excluding hydrogens is 312 g/mol. The van der Waals surface area contributed by atoms with Crippen molar-refractivity contribution < 1.29 is 22.3 Å². The standard InChI is InChI=1S/C13H5ClF4N2O/c14-11-5-10(13(16,17)18)9(6-19)12(20-11)21-8-3-1-2-7(15)4-8/h1-5H. The molecule has 0 spiro atoms. The highest BCUT2D eigenvalue weighted by Gasteiger charge is 2.36. The van der Waals surface area contributed by atoms with Crippen LogP contribution >= 0.6 is 11.6 Å². The highest BCUT2D eigenvalue weighted by molar-refractivity contribution is 6.29. The SMILES string of the molecule is N#Cc1c(C(F)(F)F)cc(Cl)nc1Oc1cccc(F)c1. The van der Waals surface area contributed by atoms with Crippen LogP contribution in [0.5, 0.6) is 11.6 Å². The van der Waals surface area contributed by atoms with Crippen molar-refractivity contribution in [2.45, 2.75) is 6.18 Å². The second-order valence-corrected chi connectivity index (χ2v) is 4.23. The minimum Gasteiger partial charge on any atom is -0.438 e. The van der Waals surface area contributed by atoms with Crippen LogP contribution in [0.25, 0.3) is 0 Å². The van der Waals surface area contributed by atoms with E-state index < -0.39 is 34.2 Å². The van der Waals surface area contributed by atoms with Crippen LogP contribution in [0.3, 0.4) is 0 Å². The van der Waals surface area contributed by atoms with Crippen LogP contribution in [-0.4, -0.2) is 4.98 Å². The maximum absolute atomic E-state index is 13.0. The van der Waals surface area contributed by atoms with E-state index in [-0.39, 0.29) is 5.75 Å². The minimum absolute atomic E-state index is 0.102. The summed E-state index contributed by atoms with van der Waals surface area (Å²) >= 11 is 5.51. The Hall–Kier alpha value is -2.33. The summed E-state index contributed by atoms with van der Waals surface area (Å²) in [6, 6.07) is 6.57. The number of nitriles is 1. The number of pyridine rings is 1. The first-order valence-corrected chi connectivity index (χ1v) is 5.80. The van der Waals surface area contributed by atoms with Crippen molar-refractivity contribution in [2.75, 3.05) is 0 Å². The van der Waals surface area contributed by atoms with Crippen molar-refractivity contribution in [2.24, 2.45) is 0 Å². The molecule has 0 aliphatic heterocycles. The van der Waals surface area contributed by atoms with Crippen LogP contribution in [0.4, 0.5) is 17.6 Å². The summed E-state index contributed by atoms with van der Waals surface area (Å²) in [7, 11) is 0. The van der Waals surface area contributed by atoms with Gasteiger partial charge in [-0.1, -0.05) is 17.7 Å². The highest BCUT2D eigenvalue weighted by Crippen LogP contribution is 2.37. The van der Waals surface area contributed by atoms with Gasteiger partial charge in [-0.15, -0.1) is 0 Å². The lowest BCUT2D eigenvalue weighted by Gasteiger charge is -2.12. The van der Waals surface area contributed by atoms with Crippen molar-refractivity contribution >= 4 is 11.6 Å². The van der Waals surface area contributed by atoms with Gasteiger partial charge >= 0.3 is 6.18 Å². The third-order valence-corrected chi connectivity index (χ3v) is 2.58. The lowest BCUT2D eigenvalue weighted by atomic mass is 10.1. The molecule has 0 saturated heterocycles. The Labute approximate surface area is 121 Å². The Kier molecular flexibility index (Phi) is 4.00. The number of hydrogen-bond donors (Lipinski definition) is 0. The lowest BCUT2D eigenvalue weighted by Crippen LogP contribution is -2.10. The molecule has 0 radical (unpaired) electrons. The van der Waals surface area contributed by atoms with Crippen molar-refractivity contribution in [1.29, 1.82) is 5.26 Å². The van der Waals surface area contributed by atoms with Crippen molar-refractivity contribution in [1.82, 2.24) is 4.98 Å². The number of nitrogens with zero attached hydrogens (tertiary/aromatic N) is 2. The summed E-state index contributed by atoms with van der Waals surface area (Å²) in [5.74, 6) is -1.39. The van der Waals surface area contributed by atoms with Crippen molar-refractivity contribution in [3.8, 4) is 17.7 Å². The monoisotopic (exact) mass is 316 g/mol. The first-order chi connectivity index (χ1) is 9.81. The summed E-state index contributed by atoms with van der Waals surface area (Å²) < 4.78 is 56.6. The van der Waals surface area contributed by atoms with Gasteiger partial charge in [-0.2, -0.15) is 18.4 Å². The maximum Gasteiger partial charge on any atom is 0.417 e. The van der Waals surface area contributed by atoms with Crippen molar-refractivity contribution in [3.05, 3.63) is 52.4 Å². The second-order valence-electron chi connectivity index (χ2n) is 3.84. The number of halogens is 5. The second kappa shape index (κ2) is 5.58. The normalized spacial score (nSPS) is 11.0. The maximum atomic E-state index is 13.0. The summed E-state index contributed by atoms with van der Waals surface area (Å²) in [4.78, 5) is 3.54. The lowest BCUT2D eigenvalue weighted by molar-refractivity contribution is -0.137. The zero-order valence-corrected chi connectivity index (χ0v) is 10.8. The molecular formula is C13H5ClF4N2O. The Morgan fingerprint density at radius 2 is 1.95 bits per heavy atom. The van der Waals surface area contributed by atoms with Crippen molar-refractivity contribution in [3.63, 3.8) is 0 Å². The van der Waals surface area contributed by atoms with E-state index in [0.29, 0.717) is 6.07 Å². The minimum atomic E-state index is -4.79. The van der Waals surface area contributed by atoms with Gasteiger partial charge in [-0.3, -0.25) is 0 Å². The topological polar surface area (TPSA) is 45.9 Å². The van der Waals surface area contributed by atoms with Gasteiger partial charge in [0.25, 0.3) is 0 Å². The third-order valence-electron chi connectivity index (χ3n) is 2.38. The van der Waals surface area contributed by atoms with Crippen LogP contribution in [-0.2, 0) is 6.18 Å². The fraction of sp³-hybridized carbons (Fsp3) is 0.0769. The third kappa shape index (κ3) is 3.41. The quantitative estimate of drug-likeness (QED) is 0.603. The fourth-order valence-corrected chi connectivity index (χ4v) is 1.73. The van der Waals surface area contributed by atoms with E-state index in [1.165, 1.54) is 18.2 Å². The Bertz CT molecular complexity index is 725.